The van der Waals surface area contributed by atoms with Crippen LogP contribution in [0.2, 0.25) is 0 Å². The molecule has 0 saturated carbocycles. The van der Waals surface area contributed by atoms with Crippen LogP contribution in [0.1, 0.15) is 14.4 Å². The molecule has 0 aliphatic carbocycles. The van der Waals surface area contributed by atoms with Gasteiger partial charge < -0.3 is 9.80 Å². The van der Waals surface area contributed by atoms with Crippen LogP contribution < -0.4 is 0 Å². The van der Waals surface area contributed by atoms with Gasteiger partial charge in [-0.1, -0.05) is 14.4 Å². The van der Waals surface area contributed by atoms with Gasteiger partial charge in [-0.2, -0.15) is 0 Å². The topological polar surface area (TPSA) is 6.48 Å². The number of hydrogen-bond donors (Lipinski definition) is 0. The van der Waals surface area contributed by atoms with Crippen molar-refractivity contribution in [3.8, 4) is 0 Å². The normalized spacial score (nSPS) is 8.40. The Balaban J connectivity index is -0.0000000910. The molecule has 0 amide bonds. The van der Waals surface area contributed by atoms with Crippen molar-refractivity contribution in [2.45, 2.75) is 14.4 Å². The third kappa shape index (κ3) is 103. The summed E-state index contributed by atoms with van der Waals surface area (Å²) in [7, 11) is 10.1. The second-order valence-electron chi connectivity index (χ2n) is 2.74. The van der Waals surface area contributed by atoms with Gasteiger partial charge in [0.05, 0.1) is 0 Å². The lowest BCUT2D eigenvalue weighted by Crippen LogP contribution is -2.08. The number of hydrogen-bond acceptors (Lipinski definition) is 2. The lowest BCUT2D eigenvalue weighted by atomic mass is 10.7. The lowest BCUT2D eigenvalue weighted by molar-refractivity contribution is 0.434. The summed E-state index contributed by atoms with van der Waals surface area (Å²) in [4.78, 5) is 4.12. The van der Waals surface area contributed by atoms with Crippen LogP contribution in [0.15, 0.2) is 0 Å². The van der Waals surface area contributed by atoms with Crippen LogP contribution in [0.3, 0.4) is 0 Å². The molecule has 0 radical (unpaired) electrons. The third-order valence-electron chi connectivity index (χ3n) is 0.632. The fourth-order valence-corrected chi connectivity index (χ4v) is 0. The van der Waals surface area contributed by atoms with Crippen LogP contribution in [0.4, 0.5) is 0 Å². The van der Waals surface area contributed by atoms with Crippen molar-refractivity contribution < 1.29 is 0 Å². The fourth-order valence-electron chi connectivity index (χ4n) is 0. The summed E-state index contributed by atoms with van der Waals surface area (Å²) in [5.74, 6) is 0. The van der Waals surface area contributed by atoms with E-state index in [1.54, 1.807) is 0 Å². The first-order valence-electron chi connectivity index (χ1n) is 3.26. The zero-order chi connectivity index (χ0) is 7.86. The van der Waals surface area contributed by atoms with Gasteiger partial charge >= 0.3 is 0 Å². The fraction of sp³-hybridized carbons (Fsp3) is 1.00. The van der Waals surface area contributed by atoms with Gasteiger partial charge in [0.2, 0.25) is 0 Å². The van der Waals surface area contributed by atoms with Crippen LogP contribution in [-0.2, 0) is 0 Å². The molecule has 0 rings (SSSR count). The van der Waals surface area contributed by atoms with Crippen molar-refractivity contribution in [2.24, 2.45) is 0 Å². The maximum atomic E-state index is 2.12. The van der Waals surface area contributed by atoms with Gasteiger partial charge in [-0.3, -0.25) is 0 Å². The first-order valence-corrected chi connectivity index (χ1v) is 3.26. The molecule has 0 saturated heterocycles. The first-order chi connectivity index (χ1) is 4.00. The minimum atomic E-state index is 0. The zero-order valence-corrected chi connectivity index (χ0v) is 7.60. The molecule has 0 spiro atoms. The Hall–Kier alpha value is -0.0800. The van der Waals surface area contributed by atoms with Gasteiger partial charge in [0, 0.05) is 0 Å². The first kappa shape index (κ1) is 16.5. The molecule has 0 aromatic rings. The second kappa shape index (κ2) is 11.7. The van der Waals surface area contributed by atoms with E-state index in [9.17, 15) is 0 Å². The third-order valence-corrected chi connectivity index (χ3v) is 0.632. The Morgan fingerprint density at radius 1 is 0.900 bits per heavy atom. The van der Waals surface area contributed by atoms with Gasteiger partial charge in [-0.15, -0.1) is 0 Å². The van der Waals surface area contributed by atoms with E-state index in [4.69, 9.17) is 0 Å². The highest BCUT2D eigenvalue weighted by Gasteiger charge is 1.72. The van der Waals surface area contributed by atoms with Crippen LogP contribution in [0.5, 0.6) is 0 Å². The molecule has 0 fully saturated rings. The average Bonchev–Trinajstić information content (AvgIpc) is 1.65. The van der Waals surface area contributed by atoms with Crippen LogP contribution in [-0.4, -0.2) is 51.6 Å². The van der Waals surface area contributed by atoms with Gasteiger partial charge in [0.1, 0.15) is 0 Å². The van der Waals surface area contributed by atoms with Gasteiger partial charge in [-0.25, -0.2) is 0 Å². The summed E-state index contributed by atoms with van der Waals surface area (Å²) in [6, 6.07) is 0. The molecular weight excluding hydrogens is 124 g/mol. The van der Waals surface area contributed by atoms with E-state index in [0.29, 0.717) is 0 Å². The van der Waals surface area contributed by atoms with Crippen molar-refractivity contribution in [1.82, 2.24) is 9.80 Å². The molecule has 0 aliphatic rings. The molecule has 10 heavy (non-hydrogen) atoms. The maximum Gasteiger partial charge on any atom is -0.00533 e. The summed E-state index contributed by atoms with van der Waals surface area (Å²) >= 11 is 0. The highest BCUT2D eigenvalue weighted by atomic mass is 15.0. The summed E-state index contributed by atoms with van der Waals surface area (Å²) in [6.45, 7) is 3.26. The Labute approximate surface area is 66.8 Å². The smallest absolute Gasteiger partial charge is 0.00533 e. The Morgan fingerprint density at radius 2 is 1.00 bits per heavy atom. The van der Waals surface area contributed by atoms with E-state index in [0.717, 1.165) is 6.54 Å². The molecule has 2 nitrogen and oxygen atoms in total. The van der Waals surface area contributed by atoms with Crippen LogP contribution >= 0.6 is 0 Å². The highest BCUT2D eigenvalue weighted by molar-refractivity contribution is 4.25. The number of rotatable bonds is 1. The largest absolute Gasteiger partial charge is 0.312 e. The summed E-state index contributed by atoms with van der Waals surface area (Å²) in [6.07, 6.45) is 0. The van der Waals surface area contributed by atoms with Crippen molar-refractivity contribution >= 4 is 0 Å². The molecule has 0 aromatic heterocycles. The summed E-state index contributed by atoms with van der Waals surface area (Å²) in [5.41, 5.74) is 0. The Kier molecular flexibility index (Phi) is 19.3. The molecule has 0 heterocycles. The van der Waals surface area contributed by atoms with E-state index in [1.807, 2.05) is 26.0 Å². The van der Waals surface area contributed by atoms with Crippen molar-refractivity contribution in [3.63, 3.8) is 0 Å². The molecule has 0 aliphatic heterocycles. The van der Waals surface area contributed by atoms with Crippen molar-refractivity contribution in [2.75, 3.05) is 41.8 Å². The molecule has 0 atom stereocenters. The number of nitrogens with zero attached hydrogens (tertiary/aromatic N) is 2. The minimum Gasteiger partial charge on any atom is -0.312 e. The van der Waals surface area contributed by atoms with E-state index in [1.165, 1.54) is 0 Å². The lowest BCUT2D eigenvalue weighted by Gasteiger charge is -2.00. The molecule has 0 aromatic carbocycles. The zero-order valence-electron chi connectivity index (χ0n) is 7.60. The maximum absolute atomic E-state index is 2.12. The van der Waals surface area contributed by atoms with Crippen LogP contribution in [0, 0.1) is 0 Å². The van der Waals surface area contributed by atoms with E-state index in [2.05, 4.69) is 25.9 Å². The quantitative estimate of drug-likeness (QED) is 0.554. The van der Waals surface area contributed by atoms with E-state index >= 15 is 0 Å². The molecule has 66 valence electrons. The van der Waals surface area contributed by atoms with Crippen molar-refractivity contribution in [3.05, 3.63) is 0 Å². The monoisotopic (exact) mass is 148 g/mol. The molecule has 0 N–H and O–H groups in total. The van der Waals surface area contributed by atoms with E-state index in [-0.39, 0.29) is 7.43 Å². The second-order valence-corrected chi connectivity index (χ2v) is 2.74. The standard InChI is InChI=1S/C4H11N.C3H9N.CH4/c1-4-5(2)3;1-4(2)3;/h4H2,1-3H3;1-3H3;1H4. The minimum absolute atomic E-state index is 0. The Bertz CT molecular complexity index is 39.8. The van der Waals surface area contributed by atoms with Gasteiger partial charge in [0.15, 0.2) is 0 Å². The summed E-state index contributed by atoms with van der Waals surface area (Å²) in [5, 5.41) is 0. The highest BCUT2D eigenvalue weighted by Crippen LogP contribution is 1.63. The SMILES string of the molecule is C.CCN(C)C.CN(C)C. The summed E-state index contributed by atoms with van der Waals surface area (Å²) < 4.78 is 0. The average molecular weight is 148 g/mol. The van der Waals surface area contributed by atoms with Gasteiger partial charge in [-0.05, 0) is 41.8 Å². The Morgan fingerprint density at radius 3 is 1.00 bits per heavy atom. The predicted octanol–water partition coefficient (Wildman–Crippen LogP) is 1.38. The van der Waals surface area contributed by atoms with Crippen LogP contribution in [0.25, 0.3) is 0 Å². The molecule has 0 bridgehead atoms. The van der Waals surface area contributed by atoms with E-state index < -0.39 is 0 Å². The van der Waals surface area contributed by atoms with Crippen molar-refractivity contribution in [1.29, 1.82) is 0 Å². The molecule has 2 heteroatoms. The van der Waals surface area contributed by atoms with Gasteiger partial charge in [0.25, 0.3) is 0 Å². The molecular formula is C8H24N2. The molecule has 0 unspecified atom stereocenters. The predicted molar refractivity (Wildman–Crippen MR) is 50.6 cm³/mol.